The highest BCUT2D eigenvalue weighted by Crippen LogP contribution is 2.27. The number of aromatic amines is 1. The van der Waals surface area contributed by atoms with Crippen LogP contribution in [0.15, 0.2) is 47.7 Å². The minimum absolute atomic E-state index is 0.0513. The molecule has 5 nitrogen and oxygen atoms in total. The van der Waals surface area contributed by atoms with E-state index in [0.29, 0.717) is 12.3 Å². The smallest absolute Gasteiger partial charge is 0.248 e. The van der Waals surface area contributed by atoms with Crippen LogP contribution in [0, 0.1) is 0 Å². The molecule has 0 aromatic carbocycles. The third-order valence-electron chi connectivity index (χ3n) is 4.95. The summed E-state index contributed by atoms with van der Waals surface area (Å²) in [5.74, 6) is 0.646. The molecule has 0 saturated carbocycles. The zero-order valence-corrected chi connectivity index (χ0v) is 14.5. The van der Waals surface area contributed by atoms with Gasteiger partial charge in [-0.3, -0.25) is 14.6 Å². The van der Waals surface area contributed by atoms with Gasteiger partial charge < -0.3 is 9.88 Å². The maximum atomic E-state index is 12.4. The summed E-state index contributed by atoms with van der Waals surface area (Å²) < 4.78 is 0. The van der Waals surface area contributed by atoms with Crippen molar-refractivity contribution in [1.29, 1.82) is 0 Å². The SMILES string of the molecule is O=C(CCCCc1cccnc1)N1CCC(c2cc[nH]c(=O)c2)CC1. The Hall–Kier alpha value is -2.43. The van der Waals surface area contributed by atoms with Crippen molar-refractivity contribution in [3.8, 4) is 0 Å². The predicted octanol–water partition coefficient (Wildman–Crippen LogP) is 2.89. The van der Waals surface area contributed by atoms with Gasteiger partial charge in [0.2, 0.25) is 11.5 Å². The first-order valence-electron chi connectivity index (χ1n) is 9.08. The van der Waals surface area contributed by atoms with E-state index < -0.39 is 0 Å². The quantitative estimate of drug-likeness (QED) is 0.823. The first-order valence-corrected chi connectivity index (χ1v) is 9.08. The molecule has 1 aliphatic rings. The van der Waals surface area contributed by atoms with Crippen LogP contribution in [0.4, 0.5) is 0 Å². The Morgan fingerprint density at radius 3 is 2.80 bits per heavy atom. The van der Waals surface area contributed by atoms with Crippen molar-refractivity contribution in [2.75, 3.05) is 13.1 Å². The molecule has 1 N–H and O–H groups in total. The lowest BCUT2D eigenvalue weighted by Gasteiger charge is -2.32. The maximum Gasteiger partial charge on any atom is 0.248 e. The Morgan fingerprint density at radius 1 is 1.24 bits per heavy atom. The van der Waals surface area contributed by atoms with Crippen LogP contribution in [0.5, 0.6) is 0 Å². The van der Waals surface area contributed by atoms with E-state index in [-0.39, 0.29) is 11.5 Å². The van der Waals surface area contributed by atoms with E-state index in [1.807, 2.05) is 23.2 Å². The van der Waals surface area contributed by atoms with E-state index >= 15 is 0 Å². The van der Waals surface area contributed by atoms with E-state index in [1.165, 1.54) is 5.56 Å². The molecule has 0 unspecified atom stereocenters. The van der Waals surface area contributed by atoms with Crippen molar-refractivity contribution in [2.24, 2.45) is 0 Å². The highest BCUT2D eigenvalue weighted by Gasteiger charge is 2.23. The molecule has 1 aliphatic heterocycles. The summed E-state index contributed by atoms with van der Waals surface area (Å²) in [6, 6.07) is 7.68. The highest BCUT2D eigenvalue weighted by molar-refractivity contribution is 5.76. The maximum absolute atomic E-state index is 12.4. The molecule has 1 amide bonds. The number of carbonyl (C=O) groups excluding carboxylic acids is 1. The van der Waals surface area contributed by atoms with Crippen LogP contribution in [-0.4, -0.2) is 33.9 Å². The molecule has 0 radical (unpaired) electrons. The van der Waals surface area contributed by atoms with Gasteiger partial charge in [0.05, 0.1) is 0 Å². The number of rotatable bonds is 6. The van der Waals surface area contributed by atoms with Crippen molar-refractivity contribution in [3.05, 3.63) is 64.3 Å². The molecule has 1 saturated heterocycles. The topological polar surface area (TPSA) is 66.1 Å². The number of nitrogens with one attached hydrogen (secondary N) is 1. The minimum atomic E-state index is -0.0513. The van der Waals surface area contributed by atoms with Gasteiger partial charge in [0.25, 0.3) is 0 Å². The molecule has 0 spiro atoms. The van der Waals surface area contributed by atoms with E-state index in [4.69, 9.17) is 0 Å². The summed E-state index contributed by atoms with van der Waals surface area (Å²) in [5, 5.41) is 0. The number of pyridine rings is 2. The second kappa shape index (κ2) is 8.60. The van der Waals surface area contributed by atoms with Gasteiger partial charge in [-0.05, 0) is 61.3 Å². The number of hydrogen-bond acceptors (Lipinski definition) is 3. The highest BCUT2D eigenvalue weighted by atomic mass is 16.2. The molecule has 0 bridgehead atoms. The van der Waals surface area contributed by atoms with Gasteiger partial charge in [-0.25, -0.2) is 0 Å². The lowest BCUT2D eigenvalue weighted by Crippen LogP contribution is -2.37. The monoisotopic (exact) mass is 339 g/mol. The largest absolute Gasteiger partial charge is 0.343 e. The summed E-state index contributed by atoms with van der Waals surface area (Å²) in [7, 11) is 0. The van der Waals surface area contributed by atoms with Crippen molar-refractivity contribution in [3.63, 3.8) is 0 Å². The Kier molecular flexibility index (Phi) is 5.99. The second-order valence-electron chi connectivity index (χ2n) is 6.71. The average molecular weight is 339 g/mol. The van der Waals surface area contributed by atoms with Crippen LogP contribution in [0.25, 0.3) is 0 Å². The number of piperidine rings is 1. The van der Waals surface area contributed by atoms with Gasteiger partial charge in [0.15, 0.2) is 0 Å². The van der Waals surface area contributed by atoms with Crippen LogP contribution < -0.4 is 5.56 Å². The summed E-state index contributed by atoms with van der Waals surface area (Å²) in [4.78, 5) is 32.5. The van der Waals surface area contributed by atoms with Crippen LogP contribution in [0.3, 0.4) is 0 Å². The number of hydrogen-bond donors (Lipinski definition) is 1. The molecule has 3 heterocycles. The fraction of sp³-hybridized carbons (Fsp3) is 0.450. The Morgan fingerprint density at radius 2 is 2.08 bits per heavy atom. The predicted molar refractivity (Wildman–Crippen MR) is 97.4 cm³/mol. The Balaban J connectivity index is 1.39. The molecule has 3 rings (SSSR count). The van der Waals surface area contributed by atoms with Gasteiger partial charge in [0, 0.05) is 44.2 Å². The van der Waals surface area contributed by atoms with Crippen molar-refractivity contribution < 1.29 is 4.79 Å². The number of likely N-dealkylation sites (tertiary alicyclic amines) is 1. The summed E-state index contributed by atoms with van der Waals surface area (Å²) in [6.45, 7) is 1.58. The van der Waals surface area contributed by atoms with Crippen molar-refractivity contribution in [2.45, 2.75) is 44.4 Å². The first-order chi connectivity index (χ1) is 12.2. The van der Waals surface area contributed by atoms with E-state index in [9.17, 15) is 9.59 Å². The van der Waals surface area contributed by atoms with Crippen molar-refractivity contribution in [1.82, 2.24) is 14.9 Å². The van der Waals surface area contributed by atoms with Gasteiger partial charge >= 0.3 is 0 Å². The zero-order valence-electron chi connectivity index (χ0n) is 14.5. The first kappa shape index (κ1) is 17.4. The number of unbranched alkanes of at least 4 members (excludes halogenated alkanes) is 1. The van der Waals surface area contributed by atoms with E-state index in [0.717, 1.165) is 50.8 Å². The Bertz CT molecular complexity index is 734. The zero-order chi connectivity index (χ0) is 17.5. The fourth-order valence-corrected chi connectivity index (χ4v) is 3.49. The molecule has 25 heavy (non-hydrogen) atoms. The van der Waals surface area contributed by atoms with Gasteiger partial charge in [-0.15, -0.1) is 0 Å². The normalized spacial score (nSPS) is 15.3. The molecule has 2 aromatic heterocycles. The molecule has 2 aromatic rings. The Labute approximate surface area is 148 Å². The number of H-pyrrole nitrogens is 1. The lowest BCUT2D eigenvalue weighted by molar-refractivity contribution is -0.132. The third-order valence-corrected chi connectivity index (χ3v) is 4.95. The standard InChI is InChI=1S/C20H25N3O2/c24-19-14-18(7-11-22-19)17-8-12-23(13-9-17)20(25)6-2-1-4-16-5-3-10-21-15-16/h3,5,7,10-11,14-15,17H,1-2,4,6,8-9,12-13H2,(H,22,24). The molecule has 0 aliphatic carbocycles. The number of amides is 1. The number of carbonyl (C=O) groups is 1. The summed E-state index contributed by atoms with van der Waals surface area (Å²) in [6.07, 6.45) is 10.8. The average Bonchev–Trinajstić information content (AvgIpc) is 2.66. The van der Waals surface area contributed by atoms with E-state index in [1.54, 1.807) is 18.5 Å². The third kappa shape index (κ3) is 5.02. The molecule has 0 atom stereocenters. The number of nitrogens with zero attached hydrogens (tertiary/aromatic N) is 2. The lowest BCUT2D eigenvalue weighted by atomic mass is 9.90. The molecule has 132 valence electrons. The molecular formula is C20H25N3O2. The fourth-order valence-electron chi connectivity index (χ4n) is 3.49. The number of aromatic nitrogens is 2. The van der Waals surface area contributed by atoms with Crippen LogP contribution in [0.1, 0.15) is 49.1 Å². The molecular weight excluding hydrogens is 314 g/mol. The minimum Gasteiger partial charge on any atom is -0.343 e. The van der Waals surface area contributed by atoms with Crippen LogP contribution in [0.2, 0.25) is 0 Å². The van der Waals surface area contributed by atoms with Gasteiger partial charge in [-0.1, -0.05) is 6.07 Å². The second-order valence-corrected chi connectivity index (χ2v) is 6.71. The van der Waals surface area contributed by atoms with Crippen LogP contribution >= 0.6 is 0 Å². The van der Waals surface area contributed by atoms with Gasteiger partial charge in [-0.2, -0.15) is 0 Å². The summed E-state index contributed by atoms with van der Waals surface area (Å²) in [5.41, 5.74) is 2.27. The molecule has 5 heteroatoms. The van der Waals surface area contributed by atoms with Crippen molar-refractivity contribution >= 4 is 5.91 Å². The number of aryl methyl sites for hydroxylation is 1. The van der Waals surface area contributed by atoms with Gasteiger partial charge in [0.1, 0.15) is 0 Å². The summed E-state index contributed by atoms with van der Waals surface area (Å²) >= 11 is 0. The molecule has 1 fully saturated rings. The van der Waals surface area contributed by atoms with E-state index in [2.05, 4.69) is 16.0 Å². The van der Waals surface area contributed by atoms with Crippen LogP contribution in [-0.2, 0) is 11.2 Å².